The molecule has 3 aromatic rings. The zero-order chi connectivity index (χ0) is 27.5. The summed E-state index contributed by atoms with van der Waals surface area (Å²) in [6, 6.07) is 9.93. The molecule has 2 amide bonds. The Kier molecular flexibility index (Phi) is 6.28. The van der Waals surface area contributed by atoms with Gasteiger partial charge in [-0.25, -0.2) is 8.42 Å². The molecule has 0 saturated carbocycles. The minimum Gasteiger partial charge on any atom is -0.358 e. The highest BCUT2D eigenvalue weighted by Gasteiger charge is 2.34. The Hall–Kier alpha value is -3.60. The highest BCUT2D eigenvalue weighted by Crippen LogP contribution is 2.39. The summed E-state index contributed by atoms with van der Waals surface area (Å²) in [4.78, 5) is 31.4. The molecule has 4 heterocycles. The number of benzene rings is 2. The smallest absolute Gasteiger partial charge is 0.264 e. The van der Waals surface area contributed by atoms with Crippen LogP contribution < -0.4 is 14.9 Å². The van der Waals surface area contributed by atoms with Gasteiger partial charge in [0, 0.05) is 60.4 Å². The van der Waals surface area contributed by atoms with Gasteiger partial charge in [0.1, 0.15) is 0 Å². The van der Waals surface area contributed by atoms with Crippen molar-refractivity contribution >= 4 is 56.5 Å². The first-order valence-corrected chi connectivity index (χ1v) is 14.6. The second-order valence-corrected chi connectivity index (χ2v) is 12.3. The molecule has 3 aliphatic rings. The maximum Gasteiger partial charge on any atom is 0.264 e. The van der Waals surface area contributed by atoms with Crippen LogP contribution in [0.3, 0.4) is 0 Å². The summed E-state index contributed by atoms with van der Waals surface area (Å²) in [5, 5.41) is 6.54. The Labute approximate surface area is 231 Å². The molecule has 0 atom stereocenters. The Morgan fingerprint density at radius 1 is 1.05 bits per heavy atom. The molecule has 0 unspecified atom stereocenters. The van der Waals surface area contributed by atoms with Crippen molar-refractivity contribution in [2.24, 2.45) is 0 Å². The van der Waals surface area contributed by atoms with Gasteiger partial charge in [0.2, 0.25) is 0 Å². The van der Waals surface area contributed by atoms with Crippen LogP contribution in [-0.2, 0) is 21.2 Å². The van der Waals surface area contributed by atoms with Gasteiger partial charge in [0.05, 0.1) is 21.7 Å². The SMILES string of the molecule is Cc1[nH]c(/C=C2\C(=O)Nc3ccc(S(=O)(=O)N4CCc5ccc(Cl)cc54)cc32)c(C)c1C(=O)N1CCNCC1. The number of rotatable bonds is 4. The third kappa shape index (κ3) is 4.32. The number of halogens is 1. The zero-order valence-electron chi connectivity index (χ0n) is 21.6. The number of hydrogen-bond donors (Lipinski definition) is 3. The van der Waals surface area contributed by atoms with Crippen molar-refractivity contribution in [3.8, 4) is 0 Å². The van der Waals surface area contributed by atoms with Gasteiger partial charge in [-0.05, 0) is 67.8 Å². The molecular weight excluding hydrogens is 538 g/mol. The fourth-order valence-electron chi connectivity index (χ4n) is 5.58. The first kappa shape index (κ1) is 25.7. The topological polar surface area (TPSA) is 115 Å². The molecule has 0 radical (unpaired) electrons. The molecule has 1 aromatic heterocycles. The monoisotopic (exact) mass is 565 g/mol. The number of piperazine rings is 1. The van der Waals surface area contributed by atoms with E-state index >= 15 is 0 Å². The second kappa shape index (κ2) is 9.55. The number of carbonyl (C=O) groups is 2. The second-order valence-electron chi connectivity index (χ2n) is 10.0. The molecule has 0 spiro atoms. The lowest BCUT2D eigenvalue weighted by Crippen LogP contribution is -2.46. The van der Waals surface area contributed by atoms with E-state index < -0.39 is 10.0 Å². The quantitative estimate of drug-likeness (QED) is 0.418. The van der Waals surface area contributed by atoms with Crippen LogP contribution in [0, 0.1) is 13.8 Å². The van der Waals surface area contributed by atoms with Crippen LogP contribution in [0.15, 0.2) is 41.3 Å². The van der Waals surface area contributed by atoms with Gasteiger partial charge < -0.3 is 20.5 Å². The highest BCUT2D eigenvalue weighted by molar-refractivity contribution is 7.92. The number of carbonyl (C=O) groups excluding carboxylic acids is 2. The zero-order valence-corrected chi connectivity index (χ0v) is 23.2. The van der Waals surface area contributed by atoms with E-state index in [0.29, 0.717) is 64.8 Å². The minimum atomic E-state index is -3.89. The molecule has 3 N–H and O–H groups in total. The molecule has 1 saturated heterocycles. The van der Waals surface area contributed by atoms with Crippen LogP contribution in [0.25, 0.3) is 11.6 Å². The van der Waals surface area contributed by atoms with Gasteiger partial charge >= 0.3 is 0 Å². The standard InChI is InChI=1S/C28H28ClN5O4S/c1-16-24(31-17(2)26(16)28(36)33-11-8-30-9-12-33)15-22-21-14-20(5-6-23(21)32-27(22)35)39(37,38)34-10-7-18-3-4-19(29)13-25(18)34/h3-6,13-15,30-31H,7-12H2,1-2H3,(H,32,35)/b22-15-. The molecule has 2 aromatic carbocycles. The van der Waals surface area contributed by atoms with Gasteiger partial charge in [-0.15, -0.1) is 0 Å². The summed E-state index contributed by atoms with van der Waals surface area (Å²) in [5.41, 5.74) is 5.57. The van der Waals surface area contributed by atoms with Gasteiger partial charge in [-0.1, -0.05) is 17.7 Å². The summed E-state index contributed by atoms with van der Waals surface area (Å²) >= 11 is 6.16. The van der Waals surface area contributed by atoms with Crippen molar-refractivity contribution in [1.29, 1.82) is 0 Å². The number of fused-ring (bicyclic) bond motifs is 2. The van der Waals surface area contributed by atoms with Crippen molar-refractivity contribution in [2.75, 3.05) is 42.3 Å². The maximum absolute atomic E-state index is 13.7. The van der Waals surface area contributed by atoms with E-state index in [1.54, 1.807) is 24.3 Å². The van der Waals surface area contributed by atoms with Crippen molar-refractivity contribution in [2.45, 2.75) is 25.2 Å². The number of aryl methyl sites for hydroxylation is 1. The predicted molar refractivity (Wildman–Crippen MR) is 152 cm³/mol. The Balaban J connectivity index is 1.36. The molecular formula is C28H28ClN5O4S. The van der Waals surface area contributed by atoms with Crippen LogP contribution >= 0.6 is 11.6 Å². The lowest BCUT2D eigenvalue weighted by Gasteiger charge is -2.27. The third-order valence-electron chi connectivity index (χ3n) is 7.65. The van der Waals surface area contributed by atoms with Crippen molar-refractivity contribution in [1.82, 2.24) is 15.2 Å². The minimum absolute atomic E-state index is 0.0388. The lowest BCUT2D eigenvalue weighted by molar-refractivity contribution is -0.110. The predicted octanol–water partition coefficient (Wildman–Crippen LogP) is 3.57. The van der Waals surface area contributed by atoms with E-state index in [1.807, 2.05) is 24.8 Å². The first-order chi connectivity index (χ1) is 18.6. The molecule has 11 heteroatoms. The van der Waals surface area contributed by atoms with Crippen LogP contribution in [-0.4, -0.2) is 62.8 Å². The van der Waals surface area contributed by atoms with Crippen molar-refractivity contribution in [3.63, 3.8) is 0 Å². The Bertz CT molecular complexity index is 1670. The molecule has 3 aliphatic heterocycles. The number of sulfonamides is 1. The highest BCUT2D eigenvalue weighted by atomic mass is 35.5. The van der Waals surface area contributed by atoms with Crippen LogP contribution in [0.5, 0.6) is 0 Å². The molecule has 39 heavy (non-hydrogen) atoms. The molecule has 0 bridgehead atoms. The van der Waals surface area contributed by atoms with Crippen LogP contribution in [0.4, 0.5) is 11.4 Å². The Morgan fingerprint density at radius 3 is 2.59 bits per heavy atom. The van der Waals surface area contributed by atoms with E-state index in [4.69, 9.17) is 11.6 Å². The van der Waals surface area contributed by atoms with Crippen molar-refractivity contribution < 1.29 is 18.0 Å². The van der Waals surface area contributed by atoms with E-state index in [-0.39, 0.29) is 16.7 Å². The van der Waals surface area contributed by atoms with Gasteiger partial charge in [-0.2, -0.15) is 0 Å². The summed E-state index contributed by atoms with van der Waals surface area (Å²) in [7, 11) is -3.89. The van der Waals surface area contributed by atoms with E-state index in [0.717, 1.165) is 29.9 Å². The summed E-state index contributed by atoms with van der Waals surface area (Å²) < 4.78 is 28.7. The molecule has 9 nitrogen and oxygen atoms in total. The average molecular weight is 566 g/mol. The van der Waals surface area contributed by atoms with Gasteiger partial charge in [0.15, 0.2) is 0 Å². The molecule has 202 valence electrons. The number of nitrogens with one attached hydrogen (secondary N) is 3. The van der Waals surface area contributed by atoms with E-state index in [9.17, 15) is 18.0 Å². The number of hydrogen-bond acceptors (Lipinski definition) is 5. The first-order valence-electron chi connectivity index (χ1n) is 12.8. The number of anilines is 2. The average Bonchev–Trinajstić information content (AvgIpc) is 3.57. The number of aromatic nitrogens is 1. The number of nitrogens with zero attached hydrogens (tertiary/aromatic N) is 2. The normalized spacial score (nSPS) is 17.9. The van der Waals surface area contributed by atoms with E-state index in [1.165, 1.54) is 16.4 Å². The number of amides is 2. The van der Waals surface area contributed by atoms with Crippen molar-refractivity contribution in [3.05, 3.63) is 75.1 Å². The molecule has 0 aliphatic carbocycles. The van der Waals surface area contributed by atoms with Crippen LogP contribution in [0.2, 0.25) is 5.02 Å². The molecule has 1 fully saturated rings. The summed E-state index contributed by atoms with van der Waals surface area (Å²) in [6.07, 6.45) is 2.29. The summed E-state index contributed by atoms with van der Waals surface area (Å²) in [5.74, 6) is -0.373. The fourth-order valence-corrected chi connectivity index (χ4v) is 7.27. The molecule has 6 rings (SSSR count). The summed E-state index contributed by atoms with van der Waals surface area (Å²) in [6.45, 7) is 6.81. The maximum atomic E-state index is 13.7. The van der Waals surface area contributed by atoms with Crippen LogP contribution in [0.1, 0.15) is 38.4 Å². The number of H-pyrrole nitrogens is 1. The van der Waals surface area contributed by atoms with Gasteiger partial charge in [0.25, 0.3) is 21.8 Å². The fraction of sp³-hybridized carbons (Fsp3) is 0.286. The van der Waals surface area contributed by atoms with Gasteiger partial charge in [-0.3, -0.25) is 13.9 Å². The lowest BCUT2D eigenvalue weighted by atomic mass is 10.0. The van der Waals surface area contributed by atoms with E-state index in [2.05, 4.69) is 15.6 Å². The third-order valence-corrected chi connectivity index (χ3v) is 9.69. The Morgan fingerprint density at radius 2 is 1.82 bits per heavy atom. The largest absolute Gasteiger partial charge is 0.358 e. The number of aromatic amines is 1.